The van der Waals surface area contributed by atoms with Gasteiger partial charge in [-0.15, -0.1) is 0 Å². The number of hydrogen-bond acceptors (Lipinski definition) is 5. The van der Waals surface area contributed by atoms with Crippen LogP contribution in [0.4, 0.5) is 5.13 Å². The highest BCUT2D eigenvalue weighted by molar-refractivity contribution is 7.09. The second kappa shape index (κ2) is 8.51. The standard InChI is InChI=1S/C22H23ClN4OS/c1-15-7-9-17(10-8-15)13-20-24-22(29-25-20)26-11-12-27(16(2)14-26)21(28)18-5-3-4-6-19(18)23/h3-10,16H,11-14H2,1-2H3. The molecule has 2 aromatic carbocycles. The number of hydrogen-bond donors (Lipinski definition) is 0. The fraction of sp³-hybridized carbons (Fsp3) is 0.318. The van der Waals surface area contributed by atoms with Crippen molar-refractivity contribution < 1.29 is 4.79 Å². The van der Waals surface area contributed by atoms with Crippen molar-refractivity contribution in [2.45, 2.75) is 26.3 Å². The molecule has 29 heavy (non-hydrogen) atoms. The van der Waals surface area contributed by atoms with E-state index in [2.05, 4.69) is 47.4 Å². The summed E-state index contributed by atoms with van der Waals surface area (Å²) in [5.74, 6) is 0.830. The van der Waals surface area contributed by atoms with Gasteiger partial charge in [0.2, 0.25) is 5.13 Å². The number of nitrogens with zero attached hydrogens (tertiary/aromatic N) is 4. The van der Waals surface area contributed by atoms with Crippen LogP contribution in [0.5, 0.6) is 0 Å². The first-order valence-electron chi connectivity index (χ1n) is 9.70. The van der Waals surface area contributed by atoms with Gasteiger partial charge in [0.05, 0.1) is 10.6 Å². The summed E-state index contributed by atoms with van der Waals surface area (Å²) in [6.45, 7) is 6.25. The molecule has 0 radical (unpaired) electrons. The van der Waals surface area contributed by atoms with Gasteiger partial charge >= 0.3 is 0 Å². The Labute approximate surface area is 180 Å². The highest BCUT2D eigenvalue weighted by atomic mass is 35.5. The SMILES string of the molecule is Cc1ccc(Cc2nsc(N3CCN(C(=O)c4ccccc4Cl)C(C)C3)n2)cc1. The van der Waals surface area contributed by atoms with E-state index in [1.165, 1.54) is 22.7 Å². The number of amides is 1. The second-order valence-corrected chi connectivity index (χ2v) is 8.57. The lowest BCUT2D eigenvalue weighted by Gasteiger charge is -2.39. The minimum Gasteiger partial charge on any atom is -0.343 e. The summed E-state index contributed by atoms with van der Waals surface area (Å²) in [6, 6.07) is 15.8. The Bertz CT molecular complexity index is 1000. The van der Waals surface area contributed by atoms with Crippen molar-refractivity contribution in [1.29, 1.82) is 0 Å². The molecular formula is C22H23ClN4OS. The lowest BCUT2D eigenvalue weighted by atomic mass is 10.1. The van der Waals surface area contributed by atoms with Crippen molar-refractivity contribution in [2.24, 2.45) is 0 Å². The smallest absolute Gasteiger partial charge is 0.255 e. The minimum absolute atomic E-state index is 0.0138. The third-order valence-electron chi connectivity index (χ3n) is 5.20. The van der Waals surface area contributed by atoms with Crippen LogP contribution in [0.2, 0.25) is 5.02 Å². The van der Waals surface area contributed by atoms with Gasteiger partial charge in [0.15, 0.2) is 0 Å². The molecule has 4 rings (SSSR count). The van der Waals surface area contributed by atoms with Crippen LogP contribution >= 0.6 is 23.1 Å². The molecule has 1 aliphatic rings. The van der Waals surface area contributed by atoms with E-state index in [9.17, 15) is 4.79 Å². The van der Waals surface area contributed by atoms with Gasteiger partial charge in [-0.2, -0.15) is 4.37 Å². The lowest BCUT2D eigenvalue weighted by molar-refractivity contribution is 0.0674. The quantitative estimate of drug-likeness (QED) is 0.618. The van der Waals surface area contributed by atoms with Crippen LogP contribution in [0.25, 0.3) is 0 Å². The molecule has 3 aromatic rings. The first kappa shape index (κ1) is 19.9. The van der Waals surface area contributed by atoms with Crippen LogP contribution in [0.15, 0.2) is 48.5 Å². The van der Waals surface area contributed by atoms with Crippen LogP contribution in [0.3, 0.4) is 0 Å². The molecule has 1 aromatic heterocycles. The highest BCUT2D eigenvalue weighted by Gasteiger charge is 2.30. The van der Waals surface area contributed by atoms with Gasteiger partial charge in [-0.05, 0) is 31.5 Å². The Kier molecular flexibility index (Phi) is 5.83. The Morgan fingerprint density at radius 1 is 1.17 bits per heavy atom. The van der Waals surface area contributed by atoms with E-state index in [1.807, 2.05) is 17.0 Å². The van der Waals surface area contributed by atoms with Crippen LogP contribution in [-0.4, -0.2) is 45.8 Å². The number of aryl methyl sites for hydroxylation is 1. The molecule has 0 saturated carbocycles. The minimum atomic E-state index is -0.0138. The van der Waals surface area contributed by atoms with Crippen molar-refractivity contribution in [3.05, 3.63) is 76.1 Å². The zero-order valence-electron chi connectivity index (χ0n) is 16.5. The number of carbonyl (C=O) groups excluding carboxylic acids is 1. The summed E-state index contributed by atoms with van der Waals surface area (Å²) >= 11 is 7.64. The predicted octanol–water partition coefficient (Wildman–Crippen LogP) is 4.44. The maximum Gasteiger partial charge on any atom is 0.255 e. The molecule has 7 heteroatoms. The molecule has 1 fully saturated rings. The number of carbonyl (C=O) groups is 1. The first-order valence-corrected chi connectivity index (χ1v) is 10.8. The molecule has 1 aliphatic heterocycles. The number of aromatic nitrogens is 2. The van der Waals surface area contributed by atoms with E-state index < -0.39 is 0 Å². The lowest BCUT2D eigenvalue weighted by Crippen LogP contribution is -2.54. The zero-order chi connectivity index (χ0) is 20.4. The van der Waals surface area contributed by atoms with Crippen molar-refractivity contribution in [2.75, 3.05) is 24.5 Å². The first-order chi connectivity index (χ1) is 14.0. The maximum atomic E-state index is 12.9. The molecule has 1 atom stereocenters. The molecule has 2 heterocycles. The summed E-state index contributed by atoms with van der Waals surface area (Å²) in [4.78, 5) is 21.8. The van der Waals surface area contributed by atoms with Crippen LogP contribution in [0, 0.1) is 6.92 Å². The molecular weight excluding hydrogens is 404 g/mol. The maximum absolute atomic E-state index is 12.9. The number of anilines is 1. The van der Waals surface area contributed by atoms with Gasteiger partial charge in [-0.3, -0.25) is 4.79 Å². The normalized spacial score (nSPS) is 16.9. The third-order valence-corrected chi connectivity index (χ3v) is 6.35. The summed E-state index contributed by atoms with van der Waals surface area (Å²) in [6.07, 6.45) is 0.733. The van der Waals surface area contributed by atoms with Gasteiger partial charge in [0, 0.05) is 43.6 Å². The molecule has 1 unspecified atom stereocenters. The van der Waals surface area contributed by atoms with Crippen LogP contribution in [0.1, 0.15) is 34.2 Å². The molecule has 0 bridgehead atoms. The van der Waals surface area contributed by atoms with E-state index in [1.54, 1.807) is 12.1 Å². The van der Waals surface area contributed by atoms with Gasteiger partial charge in [0.25, 0.3) is 5.91 Å². The highest BCUT2D eigenvalue weighted by Crippen LogP contribution is 2.25. The Morgan fingerprint density at radius 2 is 1.93 bits per heavy atom. The fourth-order valence-electron chi connectivity index (χ4n) is 3.56. The summed E-state index contributed by atoms with van der Waals surface area (Å²) in [5.41, 5.74) is 3.02. The molecule has 5 nitrogen and oxygen atoms in total. The topological polar surface area (TPSA) is 49.3 Å². The van der Waals surface area contributed by atoms with Gasteiger partial charge < -0.3 is 9.80 Å². The molecule has 0 N–H and O–H groups in total. The Morgan fingerprint density at radius 3 is 2.66 bits per heavy atom. The average Bonchev–Trinajstić information content (AvgIpc) is 3.18. The number of halogens is 1. The van der Waals surface area contributed by atoms with E-state index in [4.69, 9.17) is 16.6 Å². The number of rotatable bonds is 4. The number of piperazine rings is 1. The fourth-order valence-corrected chi connectivity index (χ4v) is 4.49. The van der Waals surface area contributed by atoms with E-state index in [0.29, 0.717) is 17.1 Å². The van der Waals surface area contributed by atoms with E-state index in [0.717, 1.165) is 30.5 Å². The van der Waals surface area contributed by atoms with E-state index in [-0.39, 0.29) is 11.9 Å². The van der Waals surface area contributed by atoms with Gasteiger partial charge in [-0.25, -0.2) is 4.98 Å². The molecule has 0 aliphatic carbocycles. The molecule has 1 amide bonds. The van der Waals surface area contributed by atoms with Crippen molar-refractivity contribution in [1.82, 2.24) is 14.3 Å². The Hall–Kier alpha value is -2.44. The number of benzene rings is 2. The third kappa shape index (κ3) is 4.43. The molecule has 1 saturated heterocycles. The second-order valence-electron chi connectivity index (χ2n) is 7.43. The van der Waals surface area contributed by atoms with E-state index >= 15 is 0 Å². The predicted molar refractivity (Wildman–Crippen MR) is 118 cm³/mol. The average molecular weight is 427 g/mol. The zero-order valence-corrected chi connectivity index (χ0v) is 18.1. The van der Waals surface area contributed by atoms with Crippen LogP contribution < -0.4 is 4.90 Å². The van der Waals surface area contributed by atoms with Crippen molar-refractivity contribution in [3.8, 4) is 0 Å². The van der Waals surface area contributed by atoms with Gasteiger partial charge in [-0.1, -0.05) is 53.6 Å². The summed E-state index contributed by atoms with van der Waals surface area (Å²) in [5, 5.41) is 1.42. The molecule has 0 spiro atoms. The largest absolute Gasteiger partial charge is 0.343 e. The van der Waals surface area contributed by atoms with Crippen molar-refractivity contribution in [3.63, 3.8) is 0 Å². The van der Waals surface area contributed by atoms with Crippen LogP contribution in [-0.2, 0) is 6.42 Å². The summed E-state index contributed by atoms with van der Waals surface area (Å²) < 4.78 is 4.54. The van der Waals surface area contributed by atoms with Gasteiger partial charge in [0.1, 0.15) is 5.82 Å². The summed E-state index contributed by atoms with van der Waals surface area (Å²) in [7, 11) is 0. The Balaban J connectivity index is 1.41. The molecule has 150 valence electrons. The van der Waals surface area contributed by atoms with Crippen molar-refractivity contribution >= 4 is 34.2 Å². The monoisotopic (exact) mass is 426 g/mol.